The zero-order chi connectivity index (χ0) is 10.7. The van der Waals surface area contributed by atoms with E-state index in [1.165, 1.54) is 7.11 Å². The Morgan fingerprint density at radius 3 is 2.50 bits per heavy atom. The third-order valence-electron chi connectivity index (χ3n) is 1.75. The van der Waals surface area contributed by atoms with Gasteiger partial charge in [0.05, 0.1) is 13.2 Å². The van der Waals surface area contributed by atoms with Crippen LogP contribution in [0.3, 0.4) is 0 Å². The van der Waals surface area contributed by atoms with Crippen molar-refractivity contribution < 1.29 is 13.5 Å². The number of hydrogen-bond acceptors (Lipinski definition) is 3. The molecule has 14 heavy (non-hydrogen) atoms. The Bertz CT molecular complexity index is 387. The van der Waals surface area contributed by atoms with E-state index in [4.69, 9.17) is 15.7 Å². The maximum atomic E-state index is 12.8. The molecule has 0 amide bonds. The molecule has 0 saturated heterocycles. The third-order valence-corrected chi connectivity index (χ3v) is 1.75. The van der Waals surface area contributed by atoms with Gasteiger partial charge in [-0.05, 0) is 6.07 Å². The van der Waals surface area contributed by atoms with Gasteiger partial charge in [0.25, 0.3) is 0 Å². The normalized spacial score (nSPS) is 11.9. The highest BCUT2D eigenvalue weighted by Gasteiger charge is 2.15. The van der Waals surface area contributed by atoms with Gasteiger partial charge in [0.1, 0.15) is 11.8 Å². The lowest BCUT2D eigenvalue weighted by atomic mass is 10.1. The lowest BCUT2D eigenvalue weighted by Crippen LogP contribution is -2.10. The Balaban J connectivity index is 3.28. The molecule has 0 aliphatic rings. The monoisotopic (exact) mass is 198 g/mol. The molecular weight excluding hydrogens is 190 g/mol. The summed E-state index contributed by atoms with van der Waals surface area (Å²) >= 11 is 0. The van der Waals surface area contributed by atoms with Crippen LogP contribution in [0.25, 0.3) is 0 Å². The summed E-state index contributed by atoms with van der Waals surface area (Å²) in [5, 5.41) is 8.52. The Hall–Kier alpha value is -1.67. The second-order valence-electron chi connectivity index (χ2n) is 2.62. The fraction of sp³-hybridized carbons (Fsp3) is 0.222. The first-order valence-electron chi connectivity index (χ1n) is 3.78. The summed E-state index contributed by atoms with van der Waals surface area (Å²) in [4.78, 5) is 0. The standard InChI is InChI=1S/C9H8F2N2O/c1-14-9-3-7(11)6(10)2-5(9)8(13)4-12/h2-3,8H,13H2,1H3/t8-/m1/s1. The highest BCUT2D eigenvalue weighted by molar-refractivity contribution is 5.39. The molecule has 3 nitrogen and oxygen atoms in total. The second-order valence-corrected chi connectivity index (χ2v) is 2.62. The van der Waals surface area contributed by atoms with Crippen LogP contribution in [0.1, 0.15) is 11.6 Å². The molecule has 0 spiro atoms. The minimum absolute atomic E-state index is 0.0675. The van der Waals surface area contributed by atoms with Crippen LogP contribution in [0, 0.1) is 23.0 Å². The fourth-order valence-corrected chi connectivity index (χ4v) is 1.03. The van der Waals surface area contributed by atoms with E-state index in [1.54, 1.807) is 6.07 Å². The van der Waals surface area contributed by atoms with Gasteiger partial charge in [-0.1, -0.05) is 0 Å². The topological polar surface area (TPSA) is 59.0 Å². The molecule has 0 fully saturated rings. The van der Waals surface area contributed by atoms with Crippen molar-refractivity contribution in [3.05, 3.63) is 29.3 Å². The summed E-state index contributed by atoms with van der Waals surface area (Å²) in [7, 11) is 1.29. The molecule has 0 saturated carbocycles. The number of methoxy groups -OCH3 is 1. The largest absolute Gasteiger partial charge is 0.496 e. The fourth-order valence-electron chi connectivity index (χ4n) is 1.03. The van der Waals surface area contributed by atoms with Gasteiger partial charge in [0.15, 0.2) is 11.6 Å². The quantitative estimate of drug-likeness (QED) is 0.783. The predicted octanol–water partition coefficient (Wildman–Crippen LogP) is 1.50. The molecule has 0 aromatic heterocycles. The van der Waals surface area contributed by atoms with E-state index in [-0.39, 0.29) is 11.3 Å². The number of ether oxygens (including phenoxy) is 1. The first kappa shape index (κ1) is 10.4. The summed E-state index contributed by atoms with van der Waals surface area (Å²) in [5.41, 5.74) is 5.49. The van der Waals surface area contributed by atoms with Crippen molar-refractivity contribution in [1.29, 1.82) is 5.26 Å². The molecule has 1 rings (SSSR count). The molecule has 0 heterocycles. The van der Waals surface area contributed by atoms with Crippen molar-refractivity contribution in [3.8, 4) is 11.8 Å². The van der Waals surface area contributed by atoms with E-state index in [0.29, 0.717) is 0 Å². The van der Waals surface area contributed by atoms with Crippen molar-refractivity contribution in [2.75, 3.05) is 7.11 Å². The van der Waals surface area contributed by atoms with Crippen molar-refractivity contribution in [2.24, 2.45) is 5.73 Å². The summed E-state index contributed by atoms with van der Waals surface area (Å²) in [6.07, 6.45) is 0. The SMILES string of the molecule is COc1cc(F)c(F)cc1[C@H](N)C#N. The lowest BCUT2D eigenvalue weighted by molar-refractivity contribution is 0.399. The van der Waals surface area contributed by atoms with Crippen LogP contribution >= 0.6 is 0 Å². The van der Waals surface area contributed by atoms with E-state index in [9.17, 15) is 8.78 Å². The number of halogens is 2. The second kappa shape index (κ2) is 4.03. The molecule has 0 bridgehead atoms. The molecule has 1 aromatic rings. The minimum Gasteiger partial charge on any atom is -0.496 e. The molecule has 74 valence electrons. The van der Waals surface area contributed by atoms with Crippen LogP contribution in [-0.2, 0) is 0 Å². The number of nitriles is 1. The van der Waals surface area contributed by atoms with Gasteiger partial charge in [-0.15, -0.1) is 0 Å². The Labute approximate surface area is 79.7 Å². The lowest BCUT2D eigenvalue weighted by Gasteiger charge is -2.10. The zero-order valence-corrected chi connectivity index (χ0v) is 7.42. The Morgan fingerprint density at radius 2 is 2.00 bits per heavy atom. The highest BCUT2D eigenvalue weighted by atomic mass is 19.2. The van der Waals surface area contributed by atoms with Crippen molar-refractivity contribution in [2.45, 2.75) is 6.04 Å². The average Bonchev–Trinajstić information content (AvgIpc) is 2.20. The number of benzene rings is 1. The van der Waals surface area contributed by atoms with Crippen LogP contribution in [0.5, 0.6) is 5.75 Å². The molecule has 0 unspecified atom stereocenters. The summed E-state index contributed by atoms with van der Waals surface area (Å²) in [6, 6.07) is 2.41. The van der Waals surface area contributed by atoms with E-state index in [0.717, 1.165) is 12.1 Å². The van der Waals surface area contributed by atoms with E-state index in [2.05, 4.69) is 0 Å². The smallest absolute Gasteiger partial charge is 0.162 e. The molecule has 2 N–H and O–H groups in total. The first-order valence-corrected chi connectivity index (χ1v) is 3.78. The van der Waals surface area contributed by atoms with E-state index < -0.39 is 17.7 Å². The number of rotatable bonds is 2. The molecule has 0 radical (unpaired) electrons. The third kappa shape index (κ3) is 1.80. The van der Waals surface area contributed by atoms with Gasteiger partial charge in [-0.2, -0.15) is 5.26 Å². The molecule has 0 aliphatic heterocycles. The first-order chi connectivity index (χ1) is 6.60. The number of nitrogens with two attached hydrogens (primary N) is 1. The Morgan fingerprint density at radius 1 is 1.43 bits per heavy atom. The van der Waals surface area contributed by atoms with Gasteiger partial charge < -0.3 is 10.5 Å². The highest BCUT2D eigenvalue weighted by Crippen LogP contribution is 2.26. The molecule has 1 atom stereocenters. The van der Waals surface area contributed by atoms with E-state index in [1.807, 2.05) is 0 Å². The molecule has 5 heteroatoms. The minimum atomic E-state index is -1.05. The van der Waals surface area contributed by atoms with Crippen LogP contribution in [0.15, 0.2) is 12.1 Å². The van der Waals surface area contributed by atoms with Gasteiger partial charge in [-0.25, -0.2) is 8.78 Å². The molecular formula is C9H8F2N2O. The summed E-state index contributed by atoms with van der Waals surface area (Å²) in [6.45, 7) is 0. The Kier molecular flexibility index (Phi) is 2.99. The van der Waals surface area contributed by atoms with Crippen molar-refractivity contribution >= 4 is 0 Å². The zero-order valence-electron chi connectivity index (χ0n) is 7.42. The van der Waals surface area contributed by atoms with Crippen LogP contribution < -0.4 is 10.5 Å². The van der Waals surface area contributed by atoms with E-state index >= 15 is 0 Å². The van der Waals surface area contributed by atoms with Gasteiger partial charge in [0, 0.05) is 11.6 Å². The molecule has 1 aromatic carbocycles. The maximum absolute atomic E-state index is 12.8. The predicted molar refractivity (Wildman–Crippen MR) is 45.5 cm³/mol. The van der Waals surface area contributed by atoms with Crippen LogP contribution in [-0.4, -0.2) is 7.11 Å². The molecule has 0 aliphatic carbocycles. The van der Waals surface area contributed by atoms with Crippen LogP contribution in [0.4, 0.5) is 8.78 Å². The average molecular weight is 198 g/mol. The summed E-state index contributed by atoms with van der Waals surface area (Å²) < 4.78 is 30.3. The maximum Gasteiger partial charge on any atom is 0.162 e. The van der Waals surface area contributed by atoms with Crippen molar-refractivity contribution in [3.63, 3.8) is 0 Å². The number of hydrogen-bond donors (Lipinski definition) is 1. The van der Waals surface area contributed by atoms with Gasteiger partial charge in [0.2, 0.25) is 0 Å². The van der Waals surface area contributed by atoms with Gasteiger partial charge >= 0.3 is 0 Å². The van der Waals surface area contributed by atoms with Crippen molar-refractivity contribution in [1.82, 2.24) is 0 Å². The summed E-state index contributed by atoms with van der Waals surface area (Å²) in [5.74, 6) is -2.01. The van der Waals surface area contributed by atoms with Gasteiger partial charge in [-0.3, -0.25) is 0 Å². The van der Waals surface area contributed by atoms with Crippen LogP contribution in [0.2, 0.25) is 0 Å². The number of nitrogens with zero attached hydrogens (tertiary/aromatic N) is 1.